The fraction of sp³-hybridized carbons (Fsp3) is 0.278. The monoisotopic (exact) mass is 403 g/mol. The third-order valence-electron chi connectivity index (χ3n) is 3.55. The molecule has 0 saturated carbocycles. The topological polar surface area (TPSA) is 93.4 Å². The van der Waals surface area contributed by atoms with Crippen LogP contribution < -0.4 is 15.8 Å². The third-order valence-corrected chi connectivity index (χ3v) is 5.33. The van der Waals surface area contributed by atoms with E-state index >= 15 is 0 Å². The maximum Gasteiger partial charge on any atom is 0.258 e. The van der Waals surface area contributed by atoms with Crippen molar-refractivity contribution in [2.45, 2.75) is 13.1 Å². The number of nitrogens with zero attached hydrogens (tertiary/aromatic N) is 3. The molecule has 3 aromatic heterocycles. The Labute approximate surface area is 165 Å². The van der Waals surface area contributed by atoms with Crippen molar-refractivity contribution in [3.05, 3.63) is 46.3 Å². The minimum atomic E-state index is -0.192. The van der Waals surface area contributed by atoms with Crippen LogP contribution in [0.2, 0.25) is 0 Å². The van der Waals surface area contributed by atoms with E-state index in [0.717, 1.165) is 27.6 Å². The number of rotatable bonds is 8. The zero-order valence-electron chi connectivity index (χ0n) is 15.1. The molecule has 3 heterocycles. The molecular weight excluding hydrogens is 382 g/mol. The second kappa shape index (κ2) is 8.94. The fourth-order valence-electron chi connectivity index (χ4n) is 2.38. The van der Waals surface area contributed by atoms with Crippen LogP contribution >= 0.6 is 22.7 Å². The van der Waals surface area contributed by atoms with Crippen LogP contribution in [-0.4, -0.2) is 41.5 Å². The number of amides is 1. The third kappa shape index (κ3) is 5.75. The van der Waals surface area contributed by atoms with E-state index in [4.69, 9.17) is 10.5 Å². The maximum atomic E-state index is 12.0. The van der Waals surface area contributed by atoms with E-state index in [1.165, 1.54) is 11.3 Å². The summed E-state index contributed by atoms with van der Waals surface area (Å²) in [4.78, 5) is 24.6. The van der Waals surface area contributed by atoms with Crippen molar-refractivity contribution >= 4 is 33.7 Å². The van der Waals surface area contributed by atoms with Gasteiger partial charge in [0.15, 0.2) is 11.7 Å². The van der Waals surface area contributed by atoms with E-state index < -0.39 is 0 Å². The number of carbonyl (C=O) groups excluding carboxylic acids is 1. The highest BCUT2D eigenvalue weighted by Crippen LogP contribution is 2.29. The Morgan fingerprint density at radius 1 is 1.33 bits per heavy atom. The number of nitrogen functional groups attached to an aromatic ring is 1. The molecule has 3 rings (SSSR count). The Hall–Kier alpha value is -2.49. The van der Waals surface area contributed by atoms with Gasteiger partial charge in [0.25, 0.3) is 5.91 Å². The summed E-state index contributed by atoms with van der Waals surface area (Å²) >= 11 is 2.99. The molecule has 0 saturated heterocycles. The van der Waals surface area contributed by atoms with E-state index in [9.17, 15) is 4.79 Å². The number of carbonyl (C=O) groups is 1. The van der Waals surface area contributed by atoms with Gasteiger partial charge in [0.05, 0.1) is 17.1 Å². The molecule has 0 fully saturated rings. The molecule has 1 amide bonds. The molecule has 142 valence electrons. The van der Waals surface area contributed by atoms with E-state index in [1.54, 1.807) is 17.5 Å². The van der Waals surface area contributed by atoms with Crippen molar-refractivity contribution in [1.82, 2.24) is 20.2 Å². The number of pyridine rings is 1. The van der Waals surface area contributed by atoms with Gasteiger partial charge in [-0.25, -0.2) is 9.97 Å². The normalized spacial score (nSPS) is 10.9. The van der Waals surface area contributed by atoms with Gasteiger partial charge in [-0.15, -0.1) is 22.7 Å². The second-order valence-corrected chi connectivity index (χ2v) is 8.20. The van der Waals surface area contributed by atoms with Crippen LogP contribution in [-0.2, 0) is 17.9 Å². The molecule has 9 heteroatoms. The van der Waals surface area contributed by atoms with Crippen molar-refractivity contribution in [1.29, 1.82) is 0 Å². The molecule has 3 N–H and O–H groups in total. The molecule has 0 aliphatic rings. The number of hydrogen-bond donors (Lipinski definition) is 2. The number of hydrogen-bond acceptors (Lipinski definition) is 8. The summed E-state index contributed by atoms with van der Waals surface area (Å²) in [5.74, 6) is 0.256. The van der Waals surface area contributed by atoms with Crippen molar-refractivity contribution in [3.63, 3.8) is 0 Å². The second-order valence-electron chi connectivity index (χ2n) is 6.14. The van der Waals surface area contributed by atoms with Gasteiger partial charge < -0.3 is 20.7 Å². The van der Waals surface area contributed by atoms with Gasteiger partial charge in [-0.3, -0.25) is 4.79 Å². The lowest BCUT2D eigenvalue weighted by molar-refractivity contribution is -0.123. The zero-order valence-corrected chi connectivity index (χ0v) is 16.8. The molecule has 0 bridgehead atoms. The quantitative estimate of drug-likeness (QED) is 0.601. The molecule has 0 radical (unpaired) electrons. The molecule has 3 aromatic rings. The van der Waals surface area contributed by atoms with Gasteiger partial charge in [0, 0.05) is 29.1 Å². The number of nitrogens with two attached hydrogens (primary N) is 1. The molecule has 0 aromatic carbocycles. The summed E-state index contributed by atoms with van der Waals surface area (Å²) < 4.78 is 5.49. The highest BCUT2D eigenvalue weighted by atomic mass is 32.1. The van der Waals surface area contributed by atoms with Crippen LogP contribution in [0, 0.1) is 0 Å². The number of thiazole rings is 1. The number of nitrogens with one attached hydrogen (secondary N) is 1. The molecule has 0 aliphatic heterocycles. The highest BCUT2D eigenvalue weighted by molar-refractivity contribution is 7.16. The first kappa shape index (κ1) is 19.3. The first-order valence-corrected chi connectivity index (χ1v) is 9.98. The minimum absolute atomic E-state index is 0.0702. The predicted molar refractivity (Wildman–Crippen MR) is 109 cm³/mol. The Morgan fingerprint density at radius 2 is 2.19 bits per heavy atom. The van der Waals surface area contributed by atoms with Crippen LogP contribution in [0.1, 0.15) is 10.4 Å². The Balaban J connectivity index is 1.47. The Bertz CT molecular complexity index is 907. The maximum absolute atomic E-state index is 12.0. The summed E-state index contributed by atoms with van der Waals surface area (Å²) in [7, 11) is 3.99. The smallest absolute Gasteiger partial charge is 0.258 e. The lowest BCUT2D eigenvalue weighted by Gasteiger charge is -2.11. The van der Waals surface area contributed by atoms with Crippen LogP contribution in [0.3, 0.4) is 0 Å². The Kier molecular flexibility index (Phi) is 6.38. The summed E-state index contributed by atoms with van der Waals surface area (Å²) in [5.41, 5.74) is 7.62. The average Bonchev–Trinajstić information content (AvgIpc) is 3.27. The van der Waals surface area contributed by atoms with Gasteiger partial charge in [-0.1, -0.05) is 0 Å². The fourth-order valence-corrected chi connectivity index (χ4v) is 3.93. The lowest BCUT2D eigenvalue weighted by atomic mass is 10.2. The molecule has 0 unspecified atom stereocenters. The van der Waals surface area contributed by atoms with Crippen LogP contribution in [0.5, 0.6) is 5.88 Å². The Morgan fingerprint density at radius 3 is 2.93 bits per heavy atom. The van der Waals surface area contributed by atoms with Gasteiger partial charge >= 0.3 is 0 Å². The first-order chi connectivity index (χ1) is 13.0. The largest absolute Gasteiger partial charge is 0.468 e. The van der Waals surface area contributed by atoms with Gasteiger partial charge in [0.1, 0.15) is 0 Å². The van der Waals surface area contributed by atoms with E-state index in [-0.39, 0.29) is 12.5 Å². The SMILES string of the molecule is CN(C)Cc1ccnc(OCC(=O)NCc2ccc(-c3csc(N)n3)s2)c1. The summed E-state index contributed by atoms with van der Waals surface area (Å²) in [6, 6.07) is 7.73. The average molecular weight is 404 g/mol. The number of thiophene rings is 1. The van der Waals surface area contributed by atoms with Crippen molar-refractivity contribution in [3.8, 4) is 16.5 Å². The van der Waals surface area contributed by atoms with Crippen molar-refractivity contribution in [2.75, 3.05) is 26.4 Å². The number of anilines is 1. The standard InChI is InChI=1S/C18H21N5O2S2/c1-23(2)9-12-5-6-20-17(7-12)25-10-16(24)21-8-13-3-4-15(27-13)14-11-26-18(19)22-14/h3-7,11H,8-10H2,1-2H3,(H2,19,22)(H,21,24). The molecule has 0 aliphatic carbocycles. The zero-order chi connectivity index (χ0) is 19.2. The van der Waals surface area contributed by atoms with Crippen molar-refractivity contribution in [2.24, 2.45) is 0 Å². The van der Waals surface area contributed by atoms with E-state index in [2.05, 4.69) is 20.2 Å². The summed E-state index contributed by atoms with van der Waals surface area (Å²) in [6.45, 7) is 1.16. The number of ether oxygens (including phenoxy) is 1. The molecule has 27 heavy (non-hydrogen) atoms. The van der Waals surface area contributed by atoms with Gasteiger partial charge in [-0.05, 0) is 37.9 Å². The summed E-state index contributed by atoms with van der Waals surface area (Å²) in [5, 5.41) is 5.33. The molecule has 0 spiro atoms. The van der Waals surface area contributed by atoms with Crippen molar-refractivity contribution < 1.29 is 9.53 Å². The number of aromatic nitrogens is 2. The lowest BCUT2D eigenvalue weighted by Crippen LogP contribution is -2.28. The van der Waals surface area contributed by atoms with Crippen LogP contribution in [0.25, 0.3) is 10.6 Å². The van der Waals surface area contributed by atoms with Gasteiger partial charge in [0.2, 0.25) is 5.88 Å². The molecular formula is C18H21N5O2S2. The highest BCUT2D eigenvalue weighted by Gasteiger charge is 2.09. The summed E-state index contributed by atoms with van der Waals surface area (Å²) in [6.07, 6.45) is 1.68. The molecule has 0 atom stereocenters. The molecule has 7 nitrogen and oxygen atoms in total. The van der Waals surface area contributed by atoms with Gasteiger partial charge in [-0.2, -0.15) is 0 Å². The first-order valence-electron chi connectivity index (χ1n) is 8.29. The predicted octanol–water partition coefficient (Wildman–Crippen LogP) is 2.61. The van der Waals surface area contributed by atoms with Crippen LogP contribution in [0.4, 0.5) is 5.13 Å². The van der Waals surface area contributed by atoms with E-state index in [1.807, 2.05) is 43.7 Å². The van der Waals surface area contributed by atoms with Crippen LogP contribution in [0.15, 0.2) is 35.8 Å². The minimum Gasteiger partial charge on any atom is -0.468 e. The van der Waals surface area contributed by atoms with E-state index in [0.29, 0.717) is 17.6 Å².